The zero-order chi connectivity index (χ0) is 26.9. The van der Waals surface area contributed by atoms with E-state index in [0.717, 1.165) is 49.3 Å². The van der Waals surface area contributed by atoms with Gasteiger partial charge in [0.1, 0.15) is 6.33 Å². The SMILES string of the molecule is CCS(=O)(=O)c1ccc(Cl)cc1Nn1cnc2cc(CN3CCN(Cc4ccsc4)CC3)c(Br)cc2c1=O. The quantitative estimate of drug-likeness (QED) is 0.296. The first-order valence-electron chi connectivity index (χ1n) is 12.2. The van der Waals surface area contributed by atoms with Crippen molar-refractivity contribution >= 4 is 65.3 Å². The lowest BCUT2D eigenvalue weighted by Gasteiger charge is -2.34. The Balaban J connectivity index is 1.34. The summed E-state index contributed by atoms with van der Waals surface area (Å²) in [7, 11) is -3.54. The van der Waals surface area contributed by atoms with E-state index in [-0.39, 0.29) is 21.9 Å². The van der Waals surface area contributed by atoms with Gasteiger partial charge in [-0.1, -0.05) is 34.5 Å². The summed E-state index contributed by atoms with van der Waals surface area (Å²) in [5, 5.41) is 5.09. The molecule has 0 bridgehead atoms. The van der Waals surface area contributed by atoms with Crippen LogP contribution in [-0.4, -0.2) is 59.8 Å². The maximum atomic E-state index is 13.3. The third kappa shape index (κ3) is 5.98. The van der Waals surface area contributed by atoms with Crippen molar-refractivity contribution in [1.29, 1.82) is 0 Å². The van der Waals surface area contributed by atoms with Crippen LogP contribution in [-0.2, 0) is 22.9 Å². The summed E-state index contributed by atoms with van der Waals surface area (Å²) in [6.45, 7) is 7.27. The number of fused-ring (bicyclic) bond motifs is 1. The predicted octanol–water partition coefficient (Wildman–Crippen LogP) is 4.86. The molecule has 0 saturated carbocycles. The third-order valence-corrected chi connectivity index (χ3v) is 10.2. The van der Waals surface area contributed by atoms with Crippen molar-refractivity contribution in [3.05, 3.63) is 84.5 Å². The minimum atomic E-state index is -3.54. The van der Waals surface area contributed by atoms with Gasteiger partial charge in [-0.3, -0.25) is 20.0 Å². The molecule has 2 aromatic heterocycles. The number of hydrogen-bond donors (Lipinski definition) is 1. The van der Waals surface area contributed by atoms with E-state index in [2.05, 4.69) is 53.0 Å². The van der Waals surface area contributed by atoms with Crippen molar-refractivity contribution in [3.8, 4) is 0 Å². The normalized spacial score (nSPS) is 15.2. The number of halogens is 2. The minimum absolute atomic E-state index is 0.0725. The van der Waals surface area contributed by atoms with Gasteiger partial charge < -0.3 is 0 Å². The molecule has 5 rings (SSSR count). The van der Waals surface area contributed by atoms with Crippen LogP contribution in [0, 0.1) is 0 Å². The molecule has 1 fully saturated rings. The zero-order valence-corrected chi connectivity index (χ0v) is 24.7. The molecular weight excluding hydrogens is 610 g/mol. The Kier molecular flexibility index (Phi) is 8.22. The van der Waals surface area contributed by atoms with Crippen LogP contribution in [0.25, 0.3) is 10.9 Å². The molecule has 1 N–H and O–H groups in total. The summed E-state index contributed by atoms with van der Waals surface area (Å²) in [6, 6.07) is 10.3. The number of anilines is 1. The summed E-state index contributed by atoms with van der Waals surface area (Å²) in [5.74, 6) is -0.0758. The number of aromatic nitrogens is 2. The molecule has 0 amide bonds. The standard InChI is InChI=1S/C26H27BrClN5O3S2/c1-2-38(35,36)25-4-3-20(28)12-24(25)30-33-17-29-23-11-19(22(27)13-21(23)26(33)34)15-32-8-6-31(7-9-32)14-18-5-10-37-16-18/h3-5,10-13,16-17,30H,2,6-9,14-15H2,1H3. The first-order chi connectivity index (χ1) is 18.2. The summed E-state index contributed by atoms with van der Waals surface area (Å²) in [4.78, 5) is 22.8. The highest BCUT2D eigenvalue weighted by atomic mass is 79.9. The van der Waals surface area contributed by atoms with E-state index in [1.807, 2.05) is 6.07 Å². The second-order valence-electron chi connectivity index (χ2n) is 9.22. The maximum Gasteiger partial charge on any atom is 0.280 e. The summed E-state index contributed by atoms with van der Waals surface area (Å²) in [5.41, 5.74) is 5.77. The van der Waals surface area contributed by atoms with Crippen molar-refractivity contribution in [3.63, 3.8) is 0 Å². The van der Waals surface area contributed by atoms with Gasteiger partial charge in [-0.15, -0.1) is 0 Å². The molecule has 8 nitrogen and oxygen atoms in total. The summed E-state index contributed by atoms with van der Waals surface area (Å²) >= 11 is 11.5. The molecule has 1 aliphatic rings. The Labute approximate surface area is 238 Å². The lowest BCUT2D eigenvalue weighted by atomic mass is 10.1. The number of sulfone groups is 1. The Morgan fingerprint density at radius 1 is 1.08 bits per heavy atom. The summed E-state index contributed by atoms with van der Waals surface area (Å²) in [6.07, 6.45) is 1.37. The highest BCUT2D eigenvalue weighted by molar-refractivity contribution is 9.10. The fraction of sp³-hybridized carbons (Fsp3) is 0.308. The largest absolute Gasteiger partial charge is 0.297 e. The lowest BCUT2D eigenvalue weighted by Crippen LogP contribution is -2.45. The van der Waals surface area contributed by atoms with Gasteiger partial charge in [0.2, 0.25) is 0 Å². The van der Waals surface area contributed by atoms with E-state index in [4.69, 9.17) is 11.6 Å². The van der Waals surface area contributed by atoms with Crippen LogP contribution in [0.2, 0.25) is 5.02 Å². The molecule has 0 aliphatic carbocycles. The number of rotatable bonds is 8. The third-order valence-electron chi connectivity index (χ3n) is 6.67. The van der Waals surface area contributed by atoms with Crippen LogP contribution < -0.4 is 11.0 Å². The van der Waals surface area contributed by atoms with Gasteiger partial charge in [0.05, 0.1) is 27.2 Å². The van der Waals surface area contributed by atoms with E-state index in [0.29, 0.717) is 15.9 Å². The van der Waals surface area contributed by atoms with E-state index in [9.17, 15) is 13.2 Å². The zero-order valence-electron chi connectivity index (χ0n) is 20.7. The fourth-order valence-corrected chi connectivity index (χ4v) is 6.85. The van der Waals surface area contributed by atoms with Crippen molar-refractivity contribution < 1.29 is 8.42 Å². The Bertz CT molecular complexity index is 1620. The molecule has 1 aliphatic heterocycles. The molecule has 12 heteroatoms. The highest BCUT2D eigenvalue weighted by Gasteiger charge is 2.20. The van der Waals surface area contributed by atoms with Crippen LogP contribution in [0.3, 0.4) is 0 Å². The average molecular weight is 637 g/mol. The van der Waals surface area contributed by atoms with Gasteiger partial charge in [0.25, 0.3) is 5.56 Å². The van der Waals surface area contributed by atoms with Gasteiger partial charge in [-0.05, 0) is 58.3 Å². The van der Waals surface area contributed by atoms with Gasteiger partial charge in [0.15, 0.2) is 9.84 Å². The monoisotopic (exact) mass is 635 g/mol. The first-order valence-corrected chi connectivity index (χ1v) is 15.9. The van der Waals surface area contributed by atoms with E-state index >= 15 is 0 Å². The van der Waals surface area contributed by atoms with Crippen molar-refractivity contribution in [2.24, 2.45) is 0 Å². The van der Waals surface area contributed by atoms with Gasteiger partial charge in [-0.2, -0.15) is 11.3 Å². The minimum Gasteiger partial charge on any atom is -0.297 e. The lowest BCUT2D eigenvalue weighted by molar-refractivity contribution is 0.122. The summed E-state index contributed by atoms with van der Waals surface area (Å²) < 4.78 is 27.1. The van der Waals surface area contributed by atoms with E-state index < -0.39 is 9.84 Å². The predicted molar refractivity (Wildman–Crippen MR) is 157 cm³/mol. The van der Waals surface area contributed by atoms with Crippen LogP contribution in [0.4, 0.5) is 5.69 Å². The molecular formula is C26H27BrClN5O3S2. The molecule has 38 heavy (non-hydrogen) atoms. The average Bonchev–Trinajstić information content (AvgIpc) is 3.41. The fourth-order valence-electron chi connectivity index (χ4n) is 4.52. The van der Waals surface area contributed by atoms with Gasteiger partial charge >= 0.3 is 0 Å². The number of piperazine rings is 1. The molecule has 3 heterocycles. The number of nitrogens with one attached hydrogen (secondary N) is 1. The Morgan fingerprint density at radius 2 is 1.82 bits per heavy atom. The van der Waals surface area contributed by atoms with Crippen molar-refractivity contribution in [1.82, 2.24) is 19.5 Å². The number of hydrogen-bond acceptors (Lipinski definition) is 8. The number of thiophene rings is 1. The molecule has 200 valence electrons. The van der Waals surface area contributed by atoms with Gasteiger partial charge in [-0.25, -0.2) is 18.1 Å². The second-order valence-corrected chi connectivity index (χ2v) is 13.5. The molecule has 0 atom stereocenters. The topological polar surface area (TPSA) is 87.5 Å². The molecule has 0 radical (unpaired) electrons. The first kappa shape index (κ1) is 27.3. The molecule has 2 aromatic carbocycles. The maximum absolute atomic E-state index is 13.3. The van der Waals surface area contributed by atoms with Crippen LogP contribution in [0.5, 0.6) is 0 Å². The van der Waals surface area contributed by atoms with Crippen LogP contribution in [0.15, 0.2) is 67.6 Å². The molecule has 1 saturated heterocycles. The number of nitrogens with zero attached hydrogens (tertiary/aromatic N) is 4. The Hall–Kier alpha value is -2.28. The van der Waals surface area contributed by atoms with Crippen LogP contribution >= 0.6 is 38.9 Å². The highest BCUT2D eigenvalue weighted by Crippen LogP contribution is 2.27. The molecule has 4 aromatic rings. The smallest absolute Gasteiger partial charge is 0.280 e. The van der Waals surface area contributed by atoms with E-state index in [1.165, 1.54) is 34.8 Å². The molecule has 0 unspecified atom stereocenters. The van der Waals surface area contributed by atoms with Gasteiger partial charge in [0, 0.05) is 48.8 Å². The van der Waals surface area contributed by atoms with Crippen molar-refractivity contribution in [2.75, 3.05) is 37.4 Å². The van der Waals surface area contributed by atoms with Crippen molar-refractivity contribution in [2.45, 2.75) is 24.9 Å². The van der Waals surface area contributed by atoms with Crippen LogP contribution in [0.1, 0.15) is 18.1 Å². The number of benzene rings is 2. The molecule has 0 spiro atoms. The van der Waals surface area contributed by atoms with E-state index in [1.54, 1.807) is 24.3 Å². The second kappa shape index (κ2) is 11.4. The Morgan fingerprint density at radius 3 is 2.50 bits per heavy atom.